The number of hydrogen-bond donors (Lipinski definition) is 0. The smallest absolute Gasteiger partial charge is 0.322 e. The van der Waals surface area contributed by atoms with Crippen LogP contribution in [0.15, 0.2) is 36.7 Å². The quantitative estimate of drug-likeness (QED) is 0.747. The van der Waals surface area contributed by atoms with Crippen molar-refractivity contribution in [2.45, 2.75) is 32.4 Å². The van der Waals surface area contributed by atoms with Crippen LogP contribution in [-0.4, -0.2) is 64.7 Å². The maximum atomic E-state index is 12.9. The molecule has 2 heterocycles. The van der Waals surface area contributed by atoms with Crippen LogP contribution in [0.5, 0.6) is 0 Å². The van der Waals surface area contributed by atoms with Gasteiger partial charge in [-0.25, -0.2) is 4.79 Å². The number of halogens is 1. The van der Waals surface area contributed by atoms with Crippen LogP contribution in [-0.2, 0) is 11.3 Å². The molecule has 2 fully saturated rings. The van der Waals surface area contributed by atoms with Gasteiger partial charge >= 0.3 is 6.03 Å². The second kappa shape index (κ2) is 8.40. The zero-order valence-electron chi connectivity index (χ0n) is 17.7. The first-order valence-corrected chi connectivity index (χ1v) is 10.7. The molecule has 1 aromatic carbocycles. The minimum atomic E-state index is -0.114. The van der Waals surface area contributed by atoms with Crippen LogP contribution in [0.3, 0.4) is 0 Å². The van der Waals surface area contributed by atoms with Crippen LogP contribution >= 0.6 is 11.6 Å². The number of benzene rings is 1. The van der Waals surface area contributed by atoms with E-state index < -0.39 is 0 Å². The maximum Gasteiger partial charge on any atom is 0.344 e. The van der Waals surface area contributed by atoms with Crippen LogP contribution in [0.25, 0.3) is 0 Å². The summed E-state index contributed by atoms with van der Waals surface area (Å²) in [5.74, 6) is 0.956. The lowest BCUT2D eigenvalue weighted by molar-refractivity contribution is -0.116. The molecular formula is C22H28ClN5O2. The summed E-state index contributed by atoms with van der Waals surface area (Å²) in [6.07, 6.45) is 5.38. The molecule has 3 atom stereocenters. The van der Waals surface area contributed by atoms with E-state index in [9.17, 15) is 9.59 Å². The highest BCUT2D eigenvalue weighted by Crippen LogP contribution is 2.40. The fraction of sp³-hybridized carbons (Fsp3) is 0.500. The molecule has 2 aliphatic rings. The molecule has 7 nitrogen and oxygen atoms in total. The SMILES string of the molecule is CC(=O)N(C)c1cnn(C(=O)N2C[C@H]3C[C@@H](N(C)Cc4cccc(Cl)c4)C[C@H]3C2)c1. The highest BCUT2D eigenvalue weighted by Gasteiger charge is 2.43. The molecule has 0 spiro atoms. The number of carbonyl (C=O) groups excluding carboxylic acids is 2. The predicted octanol–water partition coefficient (Wildman–Crippen LogP) is 3.33. The zero-order chi connectivity index (χ0) is 21.4. The Balaban J connectivity index is 1.33. The molecular weight excluding hydrogens is 402 g/mol. The molecule has 30 heavy (non-hydrogen) atoms. The zero-order valence-corrected chi connectivity index (χ0v) is 18.4. The van der Waals surface area contributed by atoms with E-state index in [-0.39, 0.29) is 11.9 Å². The molecule has 2 aromatic rings. The van der Waals surface area contributed by atoms with Gasteiger partial charge in [0.05, 0.1) is 18.1 Å². The van der Waals surface area contributed by atoms with Crippen molar-refractivity contribution in [3.63, 3.8) is 0 Å². The van der Waals surface area contributed by atoms with Crippen LogP contribution in [0, 0.1) is 11.8 Å². The van der Waals surface area contributed by atoms with Gasteiger partial charge in [0.2, 0.25) is 5.91 Å². The van der Waals surface area contributed by atoms with Crippen LogP contribution in [0.2, 0.25) is 5.02 Å². The second-order valence-corrected chi connectivity index (χ2v) is 9.04. The largest absolute Gasteiger partial charge is 0.344 e. The number of fused-ring (bicyclic) bond motifs is 1. The van der Waals surface area contributed by atoms with Gasteiger partial charge in [0.15, 0.2) is 0 Å². The molecule has 1 saturated carbocycles. The van der Waals surface area contributed by atoms with Crippen LogP contribution < -0.4 is 4.90 Å². The molecule has 1 aromatic heterocycles. The number of likely N-dealkylation sites (tertiary alicyclic amines) is 1. The fourth-order valence-electron chi connectivity index (χ4n) is 4.75. The van der Waals surface area contributed by atoms with Gasteiger partial charge in [-0.1, -0.05) is 23.7 Å². The number of aromatic nitrogens is 2. The van der Waals surface area contributed by atoms with Crippen LogP contribution in [0.4, 0.5) is 10.5 Å². The standard InChI is InChI=1S/C22H28ClN5O2/c1-15(29)26(3)21-10-24-28(14-21)22(30)27-12-17-8-20(9-18(17)13-27)25(2)11-16-5-4-6-19(23)7-16/h4-7,10,14,17-18,20H,8-9,11-13H2,1-3H3/t17-,18+,20-. The number of anilines is 1. The van der Waals surface area contributed by atoms with Gasteiger partial charge in [0.1, 0.15) is 0 Å². The normalized spacial score (nSPS) is 23.1. The lowest BCUT2D eigenvalue weighted by Crippen LogP contribution is -2.36. The molecule has 1 aliphatic heterocycles. The van der Waals surface area contributed by atoms with Gasteiger partial charge < -0.3 is 9.80 Å². The van der Waals surface area contributed by atoms with E-state index in [1.807, 2.05) is 23.1 Å². The molecule has 2 amide bonds. The average molecular weight is 430 g/mol. The number of carbonyl (C=O) groups is 2. The van der Waals surface area contributed by atoms with E-state index in [1.165, 1.54) is 22.1 Å². The molecule has 0 N–H and O–H groups in total. The Morgan fingerprint density at radius 1 is 1.20 bits per heavy atom. The Morgan fingerprint density at radius 2 is 1.90 bits per heavy atom. The Morgan fingerprint density at radius 3 is 2.53 bits per heavy atom. The van der Waals surface area contributed by atoms with Crippen molar-refractivity contribution in [2.24, 2.45) is 11.8 Å². The third-order valence-corrected chi connectivity index (χ3v) is 6.80. The highest BCUT2D eigenvalue weighted by molar-refractivity contribution is 6.30. The van der Waals surface area contributed by atoms with Crippen molar-refractivity contribution in [1.82, 2.24) is 19.6 Å². The molecule has 0 bridgehead atoms. The minimum absolute atomic E-state index is 0.0920. The summed E-state index contributed by atoms with van der Waals surface area (Å²) in [7, 11) is 3.85. The van der Waals surface area contributed by atoms with Gasteiger partial charge in [-0.15, -0.1) is 0 Å². The predicted molar refractivity (Wildman–Crippen MR) is 117 cm³/mol. The van der Waals surface area contributed by atoms with Crippen molar-refractivity contribution in [3.8, 4) is 0 Å². The molecule has 4 rings (SSSR count). The summed E-state index contributed by atoms with van der Waals surface area (Å²) < 4.78 is 1.35. The fourth-order valence-corrected chi connectivity index (χ4v) is 4.97. The monoisotopic (exact) mass is 429 g/mol. The topological polar surface area (TPSA) is 61.7 Å². The van der Waals surface area contributed by atoms with Crippen molar-refractivity contribution in [1.29, 1.82) is 0 Å². The molecule has 1 aliphatic carbocycles. The van der Waals surface area contributed by atoms with E-state index in [0.717, 1.165) is 37.5 Å². The summed E-state index contributed by atoms with van der Waals surface area (Å²) in [6.45, 7) is 3.90. The van der Waals surface area contributed by atoms with E-state index in [0.29, 0.717) is 23.6 Å². The summed E-state index contributed by atoms with van der Waals surface area (Å²) in [6, 6.07) is 8.44. The van der Waals surface area contributed by atoms with Crippen LogP contribution in [0.1, 0.15) is 25.3 Å². The van der Waals surface area contributed by atoms with Crippen molar-refractivity contribution in [3.05, 3.63) is 47.2 Å². The van der Waals surface area contributed by atoms with Gasteiger partial charge in [-0.3, -0.25) is 9.69 Å². The number of hydrogen-bond acceptors (Lipinski definition) is 4. The molecule has 1 saturated heterocycles. The van der Waals surface area contributed by atoms with Gasteiger partial charge in [0, 0.05) is 44.7 Å². The molecule has 0 unspecified atom stereocenters. The number of nitrogens with zero attached hydrogens (tertiary/aromatic N) is 5. The Labute approximate surface area is 182 Å². The summed E-state index contributed by atoms with van der Waals surface area (Å²) in [4.78, 5) is 30.2. The first-order valence-electron chi connectivity index (χ1n) is 10.3. The molecule has 160 valence electrons. The van der Waals surface area contributed by atoms with E-state index in [1.54, 1.807) is 19.4 Å². The molecule has 8 heteroatoms. The first kappa shape index (κ1) is 20.9. The lowest BCUT2D eigenvalue weighted by Gasteiger charge is -2.26. The summed E-state index contributed by atoms with van der Waals surface area (Å²) >= 11 is 6.11. The minimum Gasteiger partial charge on any atom is -0.322 e. The first-order chi connectivity index (χ1) is 14.3. The Kier molecular flexibility index (Phi) is 5.84. The third kappa shape index (κ3) is 4.23. The van der Waals surface area contributed by atoms with Crippen molar-refractivity contribution < 1.29 is 9.59 Å². The lowest BCUT2D eigenvalue weighted by atomic mass is 10.0. The summed E-state index contributed by atoms with van der Waals surface area (Å²) in [5.41, 5.74) is 1.85. The Hall–Kier alpha value is -2.38. The van der Waals surface area contributed by atoms with Gasteiger partial charge in [-0.2, -0.15) is 9.78 Å². The van der Waals surface area contributed by atoms with Crippen molar-refractivity contribution in [2.75, 3.05) is 32.1 Å². The second-order valence-electron chi connectivity index (χ2n) is 8.60. The summed E-state index contributed by atoms with van der Waals surface area (Å²) in [5, 5.41) is 4.94. The van der Waals surface area contributed by atoms with Gasteiger partial charge in [0.25, 0.3) is 0 Å². The maximum absolute atomic E-state index is 12.9. The average Bonchev–Trinajstić information content (AvgIpc) is 3.41. The van der Waals surface area contributed by atoms with Crippen molar-refractivity contribution >= 4 is 29.2 Å². The van der Waals surface area contributed by atoms with E-state index >= 15 is 0 Å². The third-order valence-electron chi connectivity index (χ3n) is 6.57. The highest BCUT2D eigenvalue weighted by atomic mass is 35.5. The number of rotatable bonds is 4. The number of amides is 2. The van der Waals surface area contributed by atoms with Gasteiger partial charge in [-0.05, 0) is 49.4 Å². The van der Waals surface area contributed by atoms with E-state index in [2.05, 4.69) is 23.1 Å². The Bertz CT molecular complexity index is 931. The van der Waals surface area contributed by atoms with E-state index in [4.69, 9.17) is 11.6 Å². The molecule has 0 radical (unpaired) electrons.